The third-order valence-electron chi connectivity index (χ3n) is 5.77. The van der Waals surface area contributed by atoms with Crippen molar-refractivity contribution in [1.82, 2.24) is 0 Å². The first-order valence-corrected chi connectivity index (χ1v) is 8.99. The van der Waals surface area contributed by atoms with Gasteiger partial charge in [-0.15, -0.1) is 0 Å². The van der Waals surface area contributed by atoms with E-state index in [9.17, 15) is 4.79 Å². The van der Waals surface area contributed by atoms with Crippen molar-refractivity contribution in [3.8, 4) is 5.75 Å². The van der Waals surface area contributed by atoms with Crippen molar-refractivity contribution < 1.29 is 14.3 Å². The number of hydrogen-bond acceptors (Lipinski definition) is 3. The first kappa shape index (κ1) is 17.2. The molecule has 0 aliphatic heterocycles. The van der Waals surface area contributed by atoms with Crippen molar-refractivity contribution >= 4 is 5.78 Å². The highest BCUT2D eigenvalue weighted by Crippen LogP contribution is 2.50. The van der Waals surface area contributed by atoms with E-state index in [1.54, 1.807) is 7.11 Å². The maximum Gasteiger partial charge on any atom is 0.161 e. The average Bonchev–Trinajstić information content (AvgIpc) is 2.88. The molecule has 0 aromatic heterocycles. The molecule has 2 aliphatic carbocycles. The number of rotatable bonds is 4. The summed E-state index contributed by atoms with van der Waals surface area (Å²) in [5.41, 5.74) is 2.65. The second-order valence-electron chi connectivity index (χ2n) is 7.53. The van der Waals surface area contributed by atoms with Gasteiger partial charge in [-0.1, -0.05) is 37.6 Å². The first-order valence-electron chi connectivity index (χ1n) is 8.99. The van der Waals surface area contributed by atoms with Gasteiger partial charge in [0.2, 0.25) is 0 Å². The topological polar surface area (TPSA) is 35.5 Å². The zero-order chi connectivity index (χ0) is 17.2. The van der Waals surface area contributed by atoms with E-state index in [2.05, 4.69) is 19.9 Å². The van der Waals surface area contributed by atoms with Crippen LogP contribution in [0.2, 0.25) is 0 Å². The van der Waals surface area contributed by atoms with Gasteiger partial charge in [-0.05, 0) is 48.8 Å². The Morgan fingerprint density at radius 3 is 2.62 bits per heavy atom. The van der Waals surface area contributed by atoms with Gasteiger partial charge in [0.1, 0.15) is 11.9 Å². The molecule has 1 aromatic carbocycles. The molecule has 1 fully saturated rings. The van der Waals surface area contributed by atoms with E-state index in [-0.39, 0.29) is 23.2 Å². The molecule has 2 aliphatic rings. The van der Waals surface area contributed by atoms with Crippen molar-refractivity contribution in [2.75, 3.05) is 7.11 Å². The molecule has 0 N–H and O–H groups in total. The molecule has 1 unspecified atom stereocenters. The standard InChI is InChI=1S/C21H28O3/c1-21(2)16-6-4-5-7-19(22)20(18(21)13-10-16)24-14-15-8-11-17(23-3)12-9-15/h6,8-9,11-12,18,20H,4-5,7,10,13-14H2,1-3H3/b16-6+/t18?,20-/m1/s1. The highest BCUT2D eigenvalue weighted by atomic mass is 16.5. The molecule has 3 heteroatoms. The Kier molecular flexibility index (Phi) is 5.09. The molecule has 0 amide bonds. The zero-order valence-corrected chi connectivity index (χ0v) is 15.0. The third-order valence-corrected chi connectivity index (χ3v) is 5.77. The molecule has 0 heterocycles. The monoisotopic (exact) mass is 328 g/mol. The van der Waals surface area contributed by atoms with Crippen LogP contribution in [0.3, 0.4) is 0 Å². The van der Waals surface area contributed by atoms with Gasteiger partial charge in [0.05, 0.1) is 13.7 Å². The Labute approximate surface area is 145 Å². The van der Waals surface area contributed by atoms with Crippen molar-refractivity contribution in [2.24, 2.45) is 11.3 Å². The summed E-state index contributed by atoms with van der Waals surface area (Å²) in [5.74, 6) is 1.40. The second kappa shape index (κ2) is 7.10. The van der Waals surface area contributed by atoms with Crippen LogP contribution in [-0.4, -0.2) is 19.0 Å². The quantitative estimate of drug-likeness (QED) is 0.752. The first-order chi connectivity index (χ1) is 11.5. The summed E-state index contributed by atoms with van der Waals surface area (Å²) in [4.78, 5) is 12.7. The minimum atomic E-state index is -0.286. The van der Waals surface area contributed by atoms with Crippen LogP contribution in [0.4, 0.5) is 0 Å². The van der Waals surface area contributed by atoms with Crippen LogP contribution in [0.5, 0.6) is 5.75 Å². The lowest BCUT2D eigenvalue weighted by molar-refractivity contribution is -0.137. The van der Waals surface area contributed by atoms with Gasteiger partial charge in [0, 0.05) is 12.3 Å². The number of allylic oxidation sites excluding steroid dienone is 2. The summed E-state index contributed by atoms with van der Waals surface area (Å²) >= 11 is 0. The average molecular weight is 328 g/mol. The number of carbonyl (C=O) groups excluding carboxylic acids is 1. The lowest BCUT2D eigenvalue weighted by Crippen LogP contribution is -2.38. The molecule has 130 valence electrons. The number of methoxy groups -OCH3 is 1. The van der Waals surface area contributed by atoms with E-state index in [0.717, 1.165) is 37.0 Å². The molecular formula is C21H28O3. The number of carbonyl (C=O) groups is 1. The van der Waals surface area contributed by atoms with Gasteiger partial charge < -0.3 is 9.47 Å². The maximum absolute atomic E-state index is 12.7. The number of benzene rings is 1. The molecule has 1 aromatic rings. The zero-order valence-electron chi connectivity index (χ0n) is 15.0. The van der Waals surface area contributed by atoms with Crippen LogP contribution in [0, 0.1) is 11.3 Å². The molecule has 3 rings (SSSR count). The molecule has 2 atom stereocenters. The maximum atomic E-state index is 12.7. The van der Waals surface area contributed by atoms with Crippen LogP contribution in [0.25, 0.3) is 0 Å². The molecule has 0 radical (unpaired) electrons. The third kappa shape index (κ3) is 3.41. The van der Waals surface area contributed by atoms with Gasteiger partial charge in [-0.2, -0.15) is 0 Å². The number of fused-ring (bicyclic) bond motifs is 2. The fourth-order valence-electron chi connectivity index (χ4n) is 4.16. The smallest absolute Gasteiger partial charge is 0.161 e. The molecular weight excluding hydrogens is 300 g/mol. The van der Waals surface area contributed by atoms with Crippen LogP contribution < -0.4 is 4.74 Å². The number of ketones is 1. The summed E-state index contributed by atoms with van der Waals surface area (Å²) < 4.78 is 11.4. The van der Waals surface area contributed by atoms with Crippen molar-refractivity contribution in [3.05, 3.63) is 41.5 Å². The van der Waals surface area contributed by atoms with E-state index < -0.39 is 0 Å². The lowest BCUT2D eigenvalue weighted by Gasteiger charge is -2.34. The SMILES string of the molecule is COc1ccc(CO[C@H]2C(=O)CCC/C=C3\CCC2C3(C)C)cc1. The molecule has 24 heavy (non-hydrogen) atoms. The molecule has 0 spiro atoms. The summed E-state index contributed by atoms with van der Waals surface area (Å²) in [6, 6.07) is 7.88. The highest BCUT2D eigenvalue weighted by molar-refractivity contribution is 5.83. The Bertz CT molecular complexity index is 612. The number of hydrogen-bond donors (Lipinski definition) is 0. The Morgan fingerprint density at radius 2 is 1.92 bits per heavy atom. The van der Waals surface area contributed by atoms with E-state index in [1.165, 1.54) is 5.57 Å². The van der Waals surface area contributed by atoms with Gasteiger partial charge in [0.15, 0.2) is 5.78 Å². The Morgan fingerprint density at radius 1 is 1.17 bits per heavy atom. The molecule has 0 saturated heterocycles. The van der Waals surface area contributed by atoms with Crippen LogP contribution >= 0.6 is 0 Å². The predicted molar refractivity (Wildman–Crippen MR) is 95.0 cm³/mol. The van der Waals surface area contributed by atoms with Crippen LogP contribution in [0.15, 0.2) is 35.9 Å². The van der Waals surface area contributed by atoms with Gasteiger partial charge in [-0.25, -0.2) is 0 Å². The van der Waals surface area contributed by atoms with Gasteiger partial charge in [-0.3, -0.25) is 4.79 Å². The summed E-state index contributed by atoms with van der Waals surface area (Å²) in [6.07, 6.45) is 6.83. The molecule has 1 saturated carbocycles. The van der Waals surface area contributed by atoms with E-state index in [1.807, 2.05) is 24.3 Å². The summed E-state index contributed by atoms with van der Waals surface area (Å²) in [6.45, 7) is 5.03. The van der Waals surface area contributed by atoms with Crippen LogP contribution in [-0.2, 0) is 16.1 Å². The molecule has 3 nitrogen and oxygen atoms in total. The minimum absolute atomic E-state index is 0.0601. The van der Waals surface area contributed by atoms with E-state index >= 15 is 0 Å². The normalized spacial score (nSPS) is 28.5. The molecule has 2 bridgehead atoms. The van der Waals surface area contributed by atoms with Crippen molar-refractivity contribution in [3.63, 3.8) is 0 Å². The van der Waals surface area contributed by atoms with E-state index in [4.69, 9.17) is 9.47 Å². The fourth-order valence-corrected chi connectivity index (χ4v) is 4.16. The summed E-state index contributed by atoms with van der Waals surface area (Å²) in [5, 5.41) is 0. The minimum Gasteiger partial charge on any atom is -0.497 e. The number of Topliss-reactive ketones (excluding diaryl/α,β-unsaturated/α-hetero) is 1. The van der Waals surface area contributed by atoms with Crippen molar-refractivity contribution in [1.29, 1.82) is 0 Å². The van der Waals surface area contributed by atoms with E-state index in [0.29, 0.717) is 13.0 Å². The van der Waals surface area contributed by atoms with Gasteiger partial charge >= 0.3 is 0 Å². The fraction of sp³-hybridized carbons (Fsp3) is 0.571. The lowest BCUT2D eigenvalue weighted by atomic mass is 9.75. The van der Waals surface area contributed by atoms with Crippen LogP contribution in [0.1, 0.15) is 51.5 Å². The summed E-state index contributed by atoms with van der Waals surface area (Å²) in [7, 11) is 1.66. The Balaban J connectivity index is 1.76. The second-order valence-corrected chi connectivity index (χ2v) is 7.53. The number of ether oxygens (including phenoxy) is 2. The van der Waals surface area contributed by atoms with Crippen molar-refractivity contribution in [2.45, 2.75) is 58.7 Å². The predicted octanol–water partition coefficient (Wildman–Crippen LogP) is 4.70. The Hall–Kier alpha value is -1.61. The largest absolute Gasteiger partial charge is 0.497 e. The highest BCUT2D eigenvalue weighted by Gasteiger charge is 2.46. The van der Waals surface area contributed by atoms with Gasteiger partial charge in [0.25, 0.3) is 0 Å².